The molecule has 2 heterocycles. The summed E-state index contributed by atoms with van der Waals surface area (Å²) in [4.78, 5) is 34.3. The van der Waals surface area contributed by atoms with Crippen molar-refractivity contribution in [2.45, 2.75) is 12.5 Å². The van der Waals surface area contributed by atoms with E-state index in [1.54, 1.807) is 53.4 Å². The minimum atomic E-state index is -0.582. The second-order valence-electron chi connectivity index (χ2n) is 7.96. The number of amides is 2. The van der Waals surface area contributed by atoms with Crippen LogP contribution in [0.15, 0.2) is 85.7 Å². The van der Waals surface area contributed by atoms with E-state index in [2.05, 4.69) is 11.6 Å². The Hall–Kier alpha value is -3.93. The lowest BCUT2D eigenvalue weighted by Crippen LogP contribution is -2.59. The summed E-state index contributed by atoms with van der Waals surface area (Å²) in [6.45, 7) is 5.18. The molecule has 6 heteroatoms. The molecule has 0 spiro atoms. The topological polar surface area (TPSA) is 62.7 Å². The summed E-state index contributed by atoms with van der Waals surface area (Å²) in [5.41, 5.74) is 3.59. The fourth-order valence-corrected chi connectivity index (χ4v) is 4.13. The van der Waals surface area contributed by atoms with Gasteiger partial charge in [-0.1, -0.05) is 42.5 Å². The van der Waals surface area contributed by atoms with Crippen molar-refractivity contribution in [2.75, 3.05) is 26.7 Å². The molecule has 2 aromatic carbocycles. The van der Waals surface area contributed by atoms with Crippen LogP contribution in [0.1, 0.15) is 15.9 Å². The lowest BCUT2D eigenvalue weighted by molar-refractivity contribution is -0.139. The minimum absolute atomic E-state index is 0.0614. The summed E-state index contributed by atoms with van der Waals surface area (Å²) in [6.07, 6.45) is 5.73. The summed E-state index contributed by atoms with van der Waals surface area (Å²) < 4.78 is 5.27. The van der Waals surface area contributed by atoms with E-state index in [-0.39, 0.29) is 11.8 Å². The number of benzene rings is 2. The third-order valence-corrected chi connectivity index (χ3v) is 5.89. The molecule has 1 atom stereocenters. The smallest absolute Gasteiger partial charge is 0.254 e. The van der Waals surface area contributed by atoms with Gasteiger partial charge in [0.05, 0.1) is 7.11 Å². The fraction of sp³-hybridized carbons (Fsp3) is 0.222. The number of piperazine rings is 1. The summed E-state index contributed by atoms with van der Waals surface area (Å²) in [7, 11) is 1.57. The van der Waals surface area contributed by atoms with Gasteiger partial charge in [0.1, 0.15) is 11.8 Å². The number of carbonyl (C=O) groups is 2. The number of aromatic nitrogens is 1. The molecule has 1 saturated heterocycles. The van der Waals surface area contributed by atoms with Crippen LogP contribution < -0.4 is 4.74 Å². The van der Waals surface area contributed by atoms with Crippen LogP contribution in [0.4, 0.5) is 0 Å². The Kier molecular flexibility index (Phi) is 6.83. The van der Waals surface area contributed by atoms with E-state index in [0.29, 0.717) is 37.4 Å². The second-order valence-corrected chi connectivity index (χ2v) is 7.96. The van der Waals surface area contributed by atoms with Gasteiger partial charge in [-0.3, -0.25) is 14.6 Å². The predicted octanol–water partition coefficient (Wildman–Crippen LogP) is 3.84. The van der Waals surface area contributed by atoms with Crippen LogP contribution in [0, 0.1) is 0 Å². The molecule has 3 aromatic rings. The Morgan fingerprint density at radius 3 is 2.64 bits per heavy atom. The van der Waals surface area contributed by atoms with E-state index < -0.39 is 6.04 Å². The van der Waals surface area contributed by atoms with Crippen molar-refractivity contribution in [3.63, 3.8) is 0 Å². The molecule has 0 bridgehead atoms. The number of hydrogen-bond donors (Lipinski definition) is 0. The molecule has 6 nitrogen and oxygen atoms in total. The molecule has 33 heavy (non-hydrogen) atoms. The molecule has 1 aliphatic heterocycles. The lowest BCUT2D eigenvalue weighted by Gasteiger charge is -2.40. The number of carbonyl (C=O) groups excluding carboxylic acids is 2. The molecular weight excluding hydrogens is 414 g/mol. The zero-order valence-electron chi connectivity index (χ0n) is 18.7. The van der Waals surface area contributed by atoms with Gasteiger partial charge in [-0.15, -0.1) is 6.58 Å². The van der Waals surface area contributed by atoms with Crippen LogP contribution in [0.2, 0.25) is 0 Å². The fourth-order valence-electron chi connectivity index (χ4n) is 4.13. The Morgan fingerprint density at radius 1 is 1.12 bits per heavy atom. The quantitative estimate of drug-likeness (QED) is 0.523. The maximum Gasteiger partial charge on any atom is 0.254 e. The van der Waals surface area contributed by atoms with Crippen LogP contribution in [-0.2, 0) is 11.2 Å². The van der Waals surface area contributed by atoms with Gasteiger partial charge in [-0.2, -0.15) is 0 Å². The van der Waals surface area contributed by atoms with Crippen LogP contribution in [-0.4, -0.2) is 59.4 Å². The first-order valence-electron chi connectivity index (χ1n) is 10.9. The van der Waals surface area contributed by atoms with Gasteiger partial charge >= 0.3 is 0 Å². The number of nitrogens with zero attached hydrogens (tertiary/aromatic N) is 3. The highest BCUT2D eigenvalue weighted by atomic mass is 16.5. The highest BCUT2D eigenvalue weighted by Crippen LogP contribution is 2.23. The first-order chi connectivity index (χ1) is 16.1. The van der Waals surface area contributed by atoms with E-state index >= 15 is 0 Å². The maximum atomic E-state index is 13.4. The molecule has 1 fully saturated rings. The van der Waals surface area contributed by atoms with Crippen molar-refractivity contribution in [1.29, 1.82) is 0 Å². The molecule has 168 valence electrons. The third kappa shape index (κ3) is 4.95. The maximum absolute atomic E-state index is 13.4. The molecule has 1 aliphatic rings. The van der Waals surface area contributed by atoms with Gasteiger partial charge < -0.3 is 14.5 Å². The Morgan fingerprint density at radius 2 is 1.94 bits per heavy atom. The van der Waals surface area contributed by atoms with Crippen molar-refractivity contribution >= 4 is 11.8 Å². The summed E-state index contributed by atoms with van der Waals surface area (Å²) in [5, 5.41) is 0. The monoisotopic (exact) mass is 441 g/mol. The van der Waals surface area contributed by atoms with Gasteiger partial charge in [0.25, 0.3) is 5.91 Å². The summed E-state index contributed by atoms with van der Waals surface area (Å²) >= 11 is 0. The normalized spacial score (nSPS) is 15.9. The van der Waals surface area contributed by atoms with E-state index in [1.165, 1.54) is 0 Å². The van der Waals surface area contributed by atoms with Crippen molar-refractivity contribution in [1.82, 2.24) is 14.8 Å². The molecular formula is C27H27N3O3. The number of methoxy groups -OCH3 is 1. The number of hydrogen-bond acceptors (Lipinski definition) is 4. The molecule has 0 unspecified atom stereocenters. The molecule has 0 radical (unpaired) electrons. The van der Waals surface area contributed by atoms with Gasteiger partial charge in [0.2, 0.25) is 5.91 Å². The van der Waals surface area contributed by atoms with E-state index in [9.17, 15) is 9.59 Å². The number of rotatable bonds is 7. The van der Waals surface area contributed by atoms with Crippen LogP contribution in [0.3, 0.4) is 0 Å². The summed E-state index contributed by atoms with van der Waals surface area (Å²) in [5.74, 6) is 0.381. The number of pyridine rings is 1. The average Bonchev–Trinajstić information content (AvgIpc) is 2.87. The first-order valence-corrected chi connectivity index (χ1v) is 10.9. The standard InChI is InChI=1S/C27H27N3O3/c1-3-14-29-15-16-30(26(31)22-6-4-8-24(18-22)33-2)25(27(29)32)17-20-9-11-21(12-10-20)23-7-5-13-28-19-23/h3-13,18-19,25H,1,14-17H2,2H3/t25-/m1/s1. The Balaban J connectivity index is 1.59. The molecule has 4 rings (SSSR count). The predicted molar refractivity (Wildman–Crippen MR) is 128 cm³/mol. The minimum Gasteiger partial charge on any atom is -0.497 e. The van der Waals surface area contributed by atoms with Gasteiger partial charge in [-0.05, 0) is 41.0 Å². The highest BCUT2D eigenvalue weighted by Gasteiger charge is 2.37. The van der Waals surface area contributed by atoms with Crippen LogP contribution in [0.25, 0.3) is 11.1 Å². The van der Waals surface area contributed by atoms with Crippen molar-refractivity contribution in [3.8, 4) is 16.9 Å². The second kappa shape index (κ2) is 10.1. The van der Waals surface area contributed by atoms with Crippen LogP contribution in [0.5, 0.6) is 5.75 Å². The third-order valence-electron chi connectivity index (χ3n) is 5.89. The molecule has 0 aliphatic carbocycles. The van der Waals surface area contributed by atoms with E-state index in [1.807, 2.05) is 42.6 Å². The van der Waals surface area contributed by atoms with E-state index in [4.69, 9.17) is 4.74 Å². The molecule has 1 aromatic heterocycles. The van der Waals surface area contributed by atoms with Gasteiger partial charge in [0, 0.05) is 44.0 Å². The zero-order valence-corrected chi connectivity index (χ0v) is 18.7. The van der Waals surface area contributed by atoms with Gasteiger partial charge in [0.15, 0.2) is 0 Å². The number of ether oxygens (including phenoxy) is 1. The molecule has 0 N–H and O–H groups in total. The molecule has 2 amide bonds. The van der Waals surface area contributed by atoms with Gasteiger partial charge in [-0.25, -0.2) is 0 Å². The van der Waals surface area contributed by atoms with E-state index in [0.717, 1.165) is 16.7 Å². The lowest BCUT2D eigenvalue weighted by atomic mass is 9.98. The Labute approximate surface area is 194 Å². The average molecular weight is 442 g/mol. The zero-order chi connectivity index (χ0) is 23.2. The SMILES string of the molecule is C=CCN1CCN(C(=O)c2cccc(OC)c2)[C@H](Cc2ccc(-c3cccnc3)cc2)C1=O. The van der Waals surface area contributed by atoms with Crippen molar-refractivity contribution in [3.05, 3.63) is 96.8 Å². The van der Waals surface area contributed by atoms with Crippen LogP contribution >= 0.6 is 0 Å². The van der Waals surface area contributed by atoms with Crippen molar-refractivity contribution in [2.24, 2.45) is 0 Å². The largest absolute Gasteiger partial charge is 0.497 e. The molecule has 0 saturated carbocycles. The summed E-state index contributed by atoms with van der Waals surface area (Å²) in [6, 6.07) is 18.4. The Bertz CT molecular complexity index is 1130. The van der Waals surface area contributed by atoms with Crippen molar-refractivity contribution < 1.29 is 14.3 Å². The first kappa shape index (κ1) is 22.3. The highest BCUT2D eigenvalue weighted by molar-refractivity contribution is 5.98.